The summed E-state index contributed by atoms with van der Waals surface area (Å²) in [6.07, 6.45) is 1.27. The third-order valence-electron chi connectivity index (χ3n) is 11.2. The number of likely N-dealkylation sites (tertiary alicyclic amines) is 1. The first-order valence-corrected chi connectivity index (χ1v) is 23.0. The summed E-state index contributed by atoms with van der Waals surface area (Å²) in [5, 5.41) is 12.8. The zero-order chi connectivity index (χ0) is 44.2. The maximum absolute atomic E-state index is 14.8. The van der Waals surface area contributed by atoms with Gasteiger partial charge in [0.2, 0.25) is 17.6 Å². The summed E-state index contributed by atoms with van der Waals surface area (Å²) in [6, 6.07) is 5.91. The number of nitrogens with one attached hydrogen (secondary N) is 4. The number of hydrogen-bond acceptors (Lipinski definition) is 10. The number of rotatable bonds is 15. The summed E-state index contributed by atoms with van der Waals surface area (Å²) < 4.78 is 33.9. The van der Waals surface area contributed by atoms with Gasteiger partial charge in [0.15, 0.2) is 0 Å². The van der Waals surface area contributed by atoms with Crippen LogP contribution in [0.4, 0.5) is 9.59 Å². The lowest BCUT2D eigenvalue weighted by molar-refractivity contribution is -0.144. The van der Waals surface area contributed by atoms with Crippen LogP contribution in [0.5, 0.6) is 0 Å². The second-order valence-corrected chi connectivity index (χ2v) is 21.4. The van der Waals surface area contributed by atoms with E-state index in [-0.39, 0.29) is 36.2 Å². The summed E-state index contributed by atoms with van der Waals surface area (Å²) in [6.45, 7) is 13.2. The van der Waals surface area contributed by atoms with E-state index in [4.69, 9.17) is 4.74 Å². The molecule has 330 valence electrons. The maximum Gasteiger partial charge on any atom is 0.410 e. The van der Waals surface area contributed by atoms with Crippen molar-refractivity contribution in [1.82, 2.24) is 35.4 Å². The van der Waals surface area contributed by atoms with Crippen LogP contribution in [0.2, 0.25) is 0 Å². The number of benzene rings is 1. The first-order chi connectivity index (χ1) is 28.1. The van der Waals surface area contributed by atoms with Gasteiger partial charge in [-0.1, -0.05) is 85.2 Å². The molecule has 60 heavy (non-hydrogen) atoms. The van der Waals surface area contributed by atoms with Gasteiger partial charge in [0, 0.05) is 45.2 Å². The Morgan fingerprint density at radius 3 is 2.22 bits per heavy atom. The number of urea groups is 1. The minimum Gasteiger partial charge on any atom is -0.444 e. The number of Topliss-reactive ketones (excluding diaryl/α,β-unsaturated/α-hetero) is 1. The van der Waals surface area contributed by atoms with E-state index in [0.717, 1.165) is 35.3 Å². The Balaban J connectivity index is 1.36. The fraction of sp³-hybridized carbons (Fsp3) is 0.619. The van der Waals surface area contributed by atoms with Crippen LogP contribution in [0.25, 0.3) is 0 Å². The number of fused-ring (bicyclic) bond motifs is 1. The maximum atomic E-state index is 14.8. The van der Waals surface area contributed by atoms with E-state index < -0.39 is 86.8 Å². The Morgan fingerprint density at radius 1 is 0.933 bits per heavy atom. The normalized spacial score (nSPS) is 19.8. The van der Waals surface area contributed by atoms with Gasteiger partial charge in [-0.15, -0.1) is 11.3 Å². The van der Waals surface area contributed by atoms with Crippen molar-refractivity contribution in [1.29, 1.82) is 0 Å². The molecule has 2 unspecified atom stereocenters. The molecule has 0 bridgehead atoms. The highest BCUT2D eigenvalue weighted by atomic mass is 32.2. The molecule has 2 aliphatic heterocycles. The number of hydrogen-bond donors (Lipinski definition) is 4. The number of ketones is 1. The number of sulfonamides is 1. The zero-order valence-corrected chi connectivity index (χ0v) is 37.5. The van der Waals surface area contributed by atoms with E-state index in [0.29, 0.717) is 25.9 Å². The smallest absolute Gasteiger partial charge is 0.410 e. The fourth-order valence-electron chi connectivity index (χ4n) is 7.31. The monoisotopic (exact) mass is 871 g/mol. The number of carbonyl (C=O) groups excluding carboxylic acids is 6. The number of thiophene rings is 1. The van der Waals surface area contributed by atoms with E-state index in [1.165, 1.54) is 22.3 Å². The Labute approximate surface area is 357 Å². The van der Waals surface area contributed by atoms with Gasteiger partial charge in [0.25, 0.3) is 15.9 Å². The van der Waals surface area contributed by atoms with E-state index in [2.05, 4.69) is 21.3 Å². The van der Waals surface area contributed by atoms with Gasteiger partial charge in [-0.25, -0.2) is 18.0 Å². The van der Waals surface area contributed by atoms with Gasteiger partial charge >= 0.3 is 12.1 Å². The van der Waals surface area contributed by atoms with Crippen molar-refractivity contribution in [3.05, 3.63) is 52.9 Å². The first kappa shape index (κ1) is 46.5. The molecule has 3 aliphatic rings. The van der Waals surface area contributed by atoms with E-state index >= 15 is 0 Å². The molecule has 0 radical (unpaired) electrons. The van der Waals surface area contributed by atoms with Gasteiger partial charge in [0.05, 0.1) is 12.6 Å². The molecule has 6 amide bonds. The number of nitrogens with zero attached hydrogens (tertiary/aromatic N) is 3. The summed E-state index contributed by atoms with van der Waals surface area (Å²) in [5.74, 6) is -2.88. The number of carbonyl (C=O) groups is 6. The molecule has 2 fully saturated rings. The SMILES string of the molecule is CCCC(NC(=O)[C@@H]1C[C@@H](OC(=O)N2CCc3ccccc3C2)CN1C(=O)C(NC(=O)N[C@H](CN(C)S(=O)(=O)c1cccs1)C(C)(C)C)C(C)(C)C)C(=O)C(=O)NC1CC1. The van der Waals surface area contributed by atoms with Crippen molar-refractivity contribution in [3.63, 3.8) is 0 Å². The van der Waals surface area contributed by atoms with Crippen molar-refractivity contribution in [2.24, 2.45) is 10.8 Å². The molecule has 1 aromatic carbocycles. The van der Waals surface area contributed by atoms with Gasteiger partial charge in [0.1, 0.15) is 22.4 Å². The van der Waals surface area contributed by atoms with E-state index in [1.807, 2.05) is 52.0 Å². The molecule has 18 heteroatoms. The molecule has 4 N–H and O–H groups in total. The number of likely N-dealkylation sites (N-methyl/N-ethyl adjacent to an activating group) is 1. The fourth-order valence-corrected chi connectivity index (χ4v) is 9.70. The second kappa shape index (κ2) is 19.0. The molecule has 2 aromatic rings. The Morgan fingerprint density at radius 2 is 1.62 bits per heavy atom. The highest BCUT2D eigenvalue weighted by Gasteiger charge is 2.47. The van der Waals surface area contributed by atoms with Crippen LogP contribution >= 0.6 is 11.3 Å². The molecule has 1 aromatic heterocycles. The predicted octanol–water partition coefficient (Wildman–Crippen LogP) is 3.79. The molecule has 16 nitrogen and oxygen atoms in total. The van der Waals surface area contributed by atoms with Gasteiger partial charge in [-0.2, -0.15) is 4.31 Å². The quantitative estimate of drug-likeness (QED) is 0.192. The van der Waals surface area contributed by atoms with Crippen molar-refractivity contribution in [2.75, 3.05) is 26.7 Å². The summed E-state index contributed by atoms with van der Waals surface area (Å²) in [4.78, 5) is 85.3. The summed E-state index contributed by atoms with van der Waals surface area (Å²) in [7, 11) is -2.39. The highest BCUT2D eigenvalue weighted by Crippen LogP contribution is 2.30. The Kier molecular flexibility index (Phi) is 14.7. The lowest BCUT2D eigenvalue weighted by atomic mass is 9.85. The molecule has 0 spiro atoms. The van der Waals surface area contributed by atoms with Crippen LogP contribution in [-0.2, 0) is 46.9 Å². The summed E-state index contributed by atoms with van der Waals surface area (Å²) in [5.41, 5.74) is 0.613. The molecule has 1 saturated heterocycles. The van der Waals surface area contributed by atoms with Gasteiger partial charge in [-0.3, -0.25) is 19.2 Å². The van der Waals surface area contributed by atoms with Crippen LogP contribution in [0, 0.1) is 10.8 Å². The predicted molar refractivity (Wildman–Crippen MR) is 226 cm³/mol. The van der Waals surface area contributed by atoms with Crippen molar-refractivity contribution in [3.8, 4) is 0 Å². The van der Waals surface area contributed by atoms with E-state index in [9.17, 15) is 37.2 Å². The second-order valence-electron chi connectivity index (χ2n) is 18.2. The molecule has 5 atom stereocenters. The average Bonchev–Trinajstić information content (AvgIpc) is 3.61. The van der Waals surface area contributed by atoms with Crippen molar-refractivity contribution < 1.29 is 41.9 Å². The molecular weight excluding hydrogens is 811 g/mol. The zero-order valence-electron chi connectivity index (χ0n) is 35.9. The van der Waals surface area contributed by atoms with Crippen molar-refractivity contribution >= 4 is 57.0 Å². The molecule has 3 heterocycles. The third kappa shape index (κ3) is 11.6. The minimum absolute atomic E-state index is 0.0639. The molecule has 1 aliphatic carbocycles. The lowest BCUT2D eigenvalue weighted by Gasteiger charge is -2.37. The number of amides is 6. The third-order valence-corrected chi connectivity index (χ3v) is 14.4. The van der Waals surface area contributed by atoms with Crippen LogP contribution in [-0.4, -0.2) is 121 Å². The standard InChI is InChI=1S/C42H61N7O9S2/c1-9-13-30(34(50)37(52)43-28-17-18-28)44-36(51)31-22-29(58-40(55)48-20-19-26-14-10-11-15-27(26)23-48)24-49(31)38(53)35(42(5,6)7)46-39(54)45-32(41(2,3)4)25-47(8)60(56,57)33-16-12-21-59-33/h10-12,14-16,21,28-32,35H,9,13,17-20,22-25H2,1-8H3,(H,43,52)(H,44,51)(H2,45,46,54)/t29-,30?,31+,32-,35?/m1/s1. The molecular formula is C42H61N7O9S2. The lowest BCUT2D eigenvalue weighted by Crippen LogP contribution is -2.62. The Bertz CT molecular complexity index is 2010. The van der Waals surface area contributed by atoms with Crippen LogP contribution < -0.4 is 21.3 Å². The minimum atomic E-state index is -3.83. The average molecular weight is 872 g/mol. The van der Waals surface area contributed by atoms with E-state index in [1.54, 1.807) is 37.1 Å². The topological polar surface area (TPSA) is 204 Å². The largest absolute Gasteiger partial charge is 0.444 e. The summed E-state index contributed by atoms with van der Waals surface area (Å²) >= 11 is 1.09. The highest BCUT2D eigenvalue weighted by molar-refractivity contribution is 7.91. The Hall–Kier alpha value is -4.55. The van der Waals surface area contributed by atoms with Crippen LogP contribution in [0.3, 0.4) is 0 Å². The molecule has 1 saturated carbocycles. The van der Waals surface area contributed by atoms with Crippen LogP contribution in [0.15, 0.2) is 46.0 Å². The van der Waals surface area contributed by atoms with Crippen LogP contribution in [0.1, 0.15) is 91.7 Å². The number of ether oxygens (including phenoxy) is 1. The van der Waals surface area contributed by atoms with Gasteiger partial charge in [-0.05, 0) is 59.1 Å². The first-order valence-electron chi connectivity index (χ1n) is 20.6. The van der Waals surface area contributed by atoms with Crippen molar-refractivity contribution in [2.45, 2.75) is 134 Å². The van der Waals surface area contributed by atoms with Gasteiger partial charge < -0.3 is 35.8 Å². The molecule has 5 rings (SSSR count).